The quantitative estimate of drug-likeness (QED) is 0.106. The van der Waals surface area contributed by atoms with E-state index in [-0.39, 0.29) is 24.4 Å². The number of imide groups is 1. The second-order valence-corrected chi connectivity index (χ2v) is 10.4. The van der Waals surface area contributed by atoms with Gasteiger partial charge in [-0.05, 0) is 12.3 Å². The molecule has 0 radical (unpaired) electrons. The predicted octanol–water partition coefficient (Wildman–Crippen LogP) is -0.129. The first-order chi connectivity index (χ1) is 22.0. The van der Waals surface area contributed by atoms with Gasteiger partial charge in [-0.1, -0.05) is 12.1 Å². The zero-order chi connectivity index (χ0) is 32.0. The van der Waals surface area contributed by atoms with Crippen LogP contribution >= 0.6 is 0 Å². The van der Waals surface area contributed by atoms with Crippen molar-refractivity contribution in [3.63, 3.8) is 0 Å². The van der Waals surface area contributed by atoms with Crippen LogP contribution in [0.15, 0.2) is 18.3 Å². The highest BCUT2D eigenvalue weighted by atomic mass is 16.6. The molecule has 16 nitrogen and oxygen atoms in total. The minimum atomic E-state index is -0.349. The van der Waals surface area contributed by atoms with E-state index >= 15 is 0 Å². The average Bonchev–Trinajstić information content (AvgIpc) is 3.76. The molecule has 2 aliphatic rings. The van der Waals surface area contributed by atoms with Gasteiger partial charge in [0.1, 0.15) is 5.69 Å². The Hall–Kier alpha value is -2.99. The van der Waals surface area contributed by atoms with Gasteiger partial charge in [-0.2, -0.15) is 0 Å². The summed E-state index contributed by atoms with van der Waals surface area (Å²) in [6.45, 7) is 11.4. The van der Waals surface area contributed by atoms with Gasteiger partial charge < -0.3 is 43.4 Å². The van der Waals surface area contributed by atoms with Crippen molar-refractivity contribution in [1.29, 1.82) is 0 Å². The van der Waals surface area contributed by atoms with Gasteiger partial charge in [0.25, 0.3) is 11.8 Å². The van der Waals surface area contributed by atoms with Crippen molar-refractivity contribution in [3.05, 3.63) is 24.0 Å². The van der Waals surface area contributed by atoms with E-state index < -0.39 is 0 Å². The molecule has 1 aromatic heterocycles. The van der Waals surface area contributed by atoms with E-state index in [1.807, 2.05) is 4.90 Å². The molecule has 45 heavy (non-hydrogen) atoms. The number of carbonyl (C=O) groups excluding carboxylic acids is 3. The lowest BCUT2D eigenvalue weighted by Crippen LogP contribution is -2.39. The molecule has 1 aromatic rings. The minimum absolute atomic E-state index is 0.0135. The molecule has 0 spiro atoms. The molecule has 1 atom stereocenters. The van der Waals surface area contributed by atoms with E-state index in [4.69, 9.17) is 33.2 Å². The van der Waals surface area contributed by atoms with Crippen LogP contribution in [-0.4, -0.2) is 155 Å². The first-order valence-corrected chi connectivity index (χ1v) is 15.5. The first-order valence-electron chi connectivity index (χ1n) is 15.5. The molecule has 0 unspecified atom stereocenters. The van der Waals surface area contributed by atoms with Crippen molar-refractivity contribution >= 4 is 17.8 Å². The van der Waals surface area contributed by atoms with Crippen molar-refractivity contribution in [2.24, 2.45) is 5.92 Å². The summed E-state index contributed by atoms with van der Waals surface area (Å²) in [5.74, 6) is -0.119. The van der Waals surface area contributed by atoms with Gasteiger partial charge in [0.15, 0.2) is 0 Å². The number of urea groups is 1. The number of hydrogen-bond donors (Lipinski definition) is 1. The molecule has 0 aliphatic carbocycles. The molecule has 0 bridgehead atoms. The Morgan fingerprint density at radius 3 is 1.76 bits per heavy atom. The largest absolute Gasteiger partial charge is 0.377 e. The van der Waals surface area contributed by atoms with Crippen molar-refractivity contribution in [2.45, 2.75) is 26.4 Å². The summed E-state index contributed by atoms with van der Waals surface area (Å²) in [5, 5.41) is 10.8. The lowest BCUT2D eigenvalue weighted by atomic mass is 10.2. The van der Waals surface area contributed by atoms with Crippen molar-refractivity contribution in [2.75, 3.05) is 112 Å². The van der Waals surface area contributed by atoms with Gasteiger partial charge in [-0.3, -0.25) is 14.5 Å². The van der Waals surface area contributed by atoms with Crippen molar-refractivity contribution in [1.82, 2.24) is 30.1 Å². The second-order valence-electron chi connectivity index (χ2n) is 10.4. The van der Waals surface area contributed by atoms with Crippen molar-refractivity contribution in [3.8, 4) is 0 Å². The fraction of sp³-hybridized carbons (Fsp3) is 0.759. The summed E-state index contributed by atoms with van der Waals surface area (Å²) in [5.41, 5.74) is 0.533. The van der Waals surface area contributed by atoms with Crippen LogP contribution in [0.3, 0.4) is 0 Å². The fourth-order valence-corrected chi connectivity index (χ4v) is 4.31. The summed E-state index contributed by atoms with van der Waals surface area (Å²) in [6.07, 6.45) is 5.24. The molecule has 254 valence electrons. The van der Waals surface area contributed by atoms with Gasteiger partial charge in [-0.15, -0.1) is 5.10 Å². The monoisotopic (exact) mass is 640 g/mol. The van der Waals surface area contributed by atoms with E-state index in [1.165, 1.54) is 12.2 Å². The van der Waals surface area contributed by atoms with Gasteiger partial charge in [-0.25, -0.2) is 9.48 Å². The number of nitrogens with one attached hydrogen (secondary N) is 1. The molecular weight excluding hydrogens is 592 g/mol. The number of amides is 4. The summed E-state index contributed by atoms with van der Waals surface area (Å²) < 4.78 is 40.0. The van der Waals surface area contributed by atoms with Gasteiger partial charge in [0, 0.05) is 31.8 Å². The number of ether oxygens (including phenoxy) is 7. The van der Waals surface area contributed by atoms with Crippen LogP contribution in [-0.2, 0) is 55.8 Å². The Balaban J connectivity index is 0.965. The van der Waals surface area contributed by atoms with Gasteiger partial charge >= 0.3 is 6.03 Å². The Morgan fingerprint density at radius 1 is 0.778 bits per heavy atom. The maximum atomic E-state index is 12.0. The molecule has 3 rings (SSSR count). The van der Waals surface area contributed by atoms with Gasteiger partial charge in [0.05, 0.1) is 112 Å². The number of carbonyl (C=O) groups is 3. The predicted molar refractivity (Wildman–Crippen MR) is 159 cm³/mol. The lowest BCUT2D eigenvalue weighted by Gasteiger charge is -2.16. The number of aromatic nitrogens is 3. The van der Waals surface area contributed by atoms with Crippen LogP contribution in [0.2, 0.25) is 0 Å². The summed E-state index contributed by atoms with van der Waals surface area (Å²) >= 11 is 0. The third kappa shape index (κ3) is 15.7. The molecule has 16 heteroatoms. The maximum absolute atomic E-state index is 12.0. The van der Waals surface area contributed by atoms with E-state index in [0.717, 1.165) is 24.4 Å². The molecule has 0 aromatic carbocycles. The SMILES string of the molecule is C[C@H]1CCN(C(=O)NCCOCCOCCOCCOCCOCCOCCOCCn2cc(CN3C(=O)C=CC3=O)nn2)C1. The zero-order valence-corrected chi connectivity index (χ0v) is 26.3. The van der Waals surface area contributed by atoms with Crippen LogP contribution in [0.25, 0.3) is 0 Å². The van der Waals surface area contributed by atoms with Crippen LogP contribution in [0.5, 0.6) is 0 Å². The van der Waals surface area contributed by atoms with Crippen LogP contribution in [0.1, 0.15) is 19.0 Å². The highest BCUT2D eigenvalue weighted by Gasteiger charge is 2.24. The number of likely N-dealkylation sites (tertiary alicyclic amines) is 1. The lowest BCUT2D eigenvalue weighted by molar-refractivity contribution is -0.137. The van der Waals surface area contributed by atoms with Crippen molar-refractivity contribution < 1.29 is 47.5 Å². The number of hydrogen-bond acceptors (Lipinski definition) is 12. The highest BCUT2D eigenvalue weighted by molar-refractivity contribution is 6.12. The molecule has 3 heterocycles. The van der Waals surface area contributed by atoms with Crippen LogP contribution in [0.4, 0.5) is 4.79 Å². The van der Waals surface area contributed by atoms with E-state index in [9.17, 15) is 14.4 Å². The standard InChI is InChI=1S/C29H48N6O10/c1-25-4-6-33(22-25)29(38)30-5-8-39-10-12-41-14-16-43-18-20-45-21-19-44-17-15-42-13-11-40-9-7-34-23-26(31-32-34)24-35-27(36)2-3-28(35)37/h2-3,23,25H,4-22,24H2,1H3,(H,30,38)/t25-/m0/s1. The number of rotatable bonds is 26. The highest BCUT2D eigenvalue weighted by Crippen LogP contribution is 2.14. The molecule has 0 saturated carbocycles. The van der Waals surface area contributed by atoms with Crippen LogP contribution in [0, 0.1) is 5.92 Å². The zero-order valence-electron chi connectivity index (χ0n) is 26.3. The van der Waals surface area contributed by atoms with E-state index in [2.05, 4.69) is 22.6 Å². The third-order valence-corrected chi connectivity index (χ3v) is 6.74. The summed E-state index contributed by atoms with van der Waals surface area (Å²) in [7, 11) is 0. The van der Waals surface area contributed by atoms with E-state index in [1.54, 1.807) is 10.9 Å². The average molecular weight is 641 g/mol. The van der Waals surface area contributed by atoms with Crippen LogP contribution < -0.4 is 5.32 Å². The Labute approximate surface area is 264 Å². The molecule has 1 N–H and O–H groups in total. The molecule has 2 aliphatic heterocycles. The summed E-state index contributed by atoms with van der Waals surface area (Å²) in [4.78, 5) is 38.1. The Bertz CT molecular complexity index is 1010. The van der Waals surface area contributed by atoms with Gasteiger partial charge in [0.2, 0.25) is 0 Å². The Kier molecular flexibility index (Phi) is 18.2. The third-order valence-electron chi connectivity index (χ3n) is 6.74. The summed E-state index contributed by atoms with van der Waals surface area (Å²) in [6, 6.07) is -0.0135. The molecule has 1 fully saturated rings. The second kappa shape index (κ2) is 22.5. The molecule has 1 saturated heterocycles. The normalized spacial score (nSPS) is 16.4. The van der Waals surface area contributed by atoms with E-state index in [0.29, 0.717) is 117 Å². The maximum Gasteiger partial charge on any atom is 0.317 e. The fourth-order valence-electron chi connectivity index (χ4n) is 4.31. The topological polar surface area (TPSA) is 165 Å². The number of nitrogens with zero attached hydrogens (tertiary/aromatic N) is 5. The first kappa shape index (κ1) is 36.5. The smallest absolute Gasteiger partial charge is 0.317 e. The molecular formula is C29H48N6O10. The molecule has 4 amide bonds. The minimum Gasteiger partial charge on any atom is -0.377 e. The Morgan fingerprint density at radius 2 is 1.27 bits per heavy atom.